The highest BCUT2D eigenvalue weighted by Crippen LogP contribution is 2.09. The first-order chi connectivity index (χ1) is 7.07. The Labute approximate surface area is 91.1 Å². The number of rotatable bonds is 4. The molecule has 0 amide bonds. The zero-order chi connectivity index (χ0) is 11.3. The van der Waals surface area contributed by atoms with E-state index < -0.39 is 0 Å². The van der Waals surface area contributed by atoms with E-state index >= 15 is 0 Å². The van der Waals surface area contributed by atoms with Crippen molar-refractivity contribution in [3.8, 4) is 6.07 Å². The Kier molecular flexibility index (Phi) is 3.81. The van der Waals surface area contributed by atoms with Gasteiger partial charge in [0.15, 0.2) is 0 Å². The highest BCUT2D eigenvalue weighted by atomic mass is 14.9. The Morgan fingerprint density at radius 3 is 2.87 bits per heavy atom. The van der Waals surface area contributed by atoms with Crippen molar-refractivity contribution in [2.75, 3.05) is 0 Å². The number of hydrogen-bond donors (Lipinski definition) is 1. The van der Waals surface area contributed by atoms with Gasteiger partial charge in [0.05, 0.1) is 0 Å². The zero-order valence-electron chi connectivity index (χ0n) is 9.54. The van der Waals surface area contributed by atoms with Gasteiger partial charge in [-0.1, -0.05) is 6.92 Å². The molecule has 0 unspecified atom stereocenters. The number of pyridine rings is 1. The maximum absolute atomic E-state index is 8.70. The van der Waals surface area contributed by atoms with Crippen molar-refractivity contribution in [3.63, 3.8) is 0 Å². The molecular formula is C12H17N3. The van der Waals surface area contributed by atoms with Crippen LogP contribution in [-0.2, 0) is 6.54 Å². The van der Waals surface area contributed by atoms with Crippen LogP contribution in [0.5, 0.6) is 0 Å². The summed E-state index contributed by atoms with van der Waals surface area (Å²) < 4.78 is 0. The third-order valence-electron chi connectivity index (χ3n) is 2.59. The van der Waals surface area contributed by atoms with Crippen LogP contribution in [0.15, 0.2) is 18.3 Å². The molecule has 0 bridgehead atoms. The van der Waals surface area contributed by atoms with E-state index in [2.05, 4.69) is 31.1 Å². The predicted octanol–water partition coefficient (Wildman–Crippen LogP) is 2.23. The van der Waals surface area contributed by atoms with Gasteiger partial charge in [-0.05, 0) is 38.0 Å². The van der Waals surface area contributed by atoms with E-state index in [-0.39, 0.29) is 5.54 Å². The van der Waals surface area contributed by atoms with Crippen LogP contribution < -0.4 is 5.32 Å². The van der Waals surface area contributed by atoms with Crippen molar-refractivity contribution in [2.24, 2.45) is 0 Å². The Balaban J connectivity index is 2.62. The molecule has 0 aliphatic heterocycles. The van der Waals surface area contributed by atoms with Crippen LogP contribution in [0, 0.1) is 11.3 Å². The maximum Gasteiger partial charge on any atom is 0.140 e. The molecule has 0 atom stereocenters. The Hall–Kier alpha value is -1.40. The lowest BCUT2D eigenvalue weighted by Gasteiger charge is -2.24. The van der Waals surface area contributed by atoms with Gasteiger partial charge in [0, 0.05) is 18.3 Å². The third kappa shape index (κ3) is 3.69. The van der Waals surface area contributed by atoms with Gasteiger partial charge < -0.3 is 5.32 Å². The fourth-order valence-electron chi connectivity index (χ4n) is 1.11. The van der Waals surface area contributed by atoms with Gasteiger partial charge in [0.25, 0.3) is 0 Å². The average Bonchev–Trinajstić information content (AvgIpc) is 2.27. The van der Waals surface area contributed by atoms with Crippen molar-refractivity contribution in [2.45, 2.75) is 39.3 Å². The summed E-state index contributed by atoms with van der Waals surface area (Å²) in [5.74, 6) is 0. The summed E-state index contributed by atoms with van der Waals surface area (Å²) in [6.45, 7) is 7.26. The highest BCUT2D eigenvalue weighted by Gasteiger charge is 2.13. The van der Waals surface area contributed by atoms with Crippen LogP contribution in [0.1, 0.15) is 38.4 Å². The smallest absolute Gasteiger partial charge is 0.140 e. The summed E-state index contributed by atoms with van der Waals surface area (Å²) in [7, 11) is 0. The predicted molar refractivity (Wildman–Crippen MR) is 60.2 cm³/mol. The monoisotopic (exact) mass is 203 g/mol. The van der Waals surface area contributed by atoms with E-state index in [4.69, 9.17) is 5.26 Å². The molecule has 1 N–H and O–H groups in total. The lowest BCUT2D eigenvalue weighted by Crippen LogP contribution is -2.37. The Morgan fingerprint density at radius 2 is 2.27 bits per heavy atom. The van der Waals surface area contributed by atoms with Crippen LogP contribution in [0.25, 0.3) is 0 Å². The zero-order valence-corrected chi connectivity index (χ0v) is 9.54. The normalized spacial score (nSPS) is 11.1. The summed E-state index contributed by atoms with van der Waals surface area (Å²) >= 11 is 0. The van der Waals surface area contributed by atoms with Crippen LogP contribution in [0.4, 0.5) is 0 Å². The van der Waals surface area contributed by atoms with E-state index in [0.717, 1.165) is 18.5 Å². The van der Waals surface area contributed by atoms with E-state index in [1.807, 2.05) is 18.2 Å². The molecule has 1 aromatic rings. The molecule has 15 heavy (non-hydrogen) atoms. The van der Waals surface area contributed by atoms with Crippen molar-refractivity contribution in [3.05, 3.63) is 29.6 Å². The summed E-state index contributed by atoms with van der Waals surface area (Å²) in [6, 6.07) is 5.79. The molecular weight excluding hydrogens is 186 g/mol. The number of nitrogens with one attached hydrogen (secondary N) is 1. The third-order valence-corrected chi connectivity index (χ3v) is 2.59. The van der Waals surface area contributed by atoms with Crippen LogP contribution in [-0.4, -0.2) is 10.5 Å². The second kappa shape index (κ2) is 4.90. The van der Waals surface area contributed by atoms with Gasteiger partial charge in [-0.25, -0.2) is 4.98 Å². The molecule has 0 aliphatic carbocycles. The second-order valence-electron chi connectivity index (χ2n) is 4.25. The van der Waals surface area contributed by atoms with E-state index in [1.54, 1.807) is 6.20 Å². The molecule has 3 nitrogen and oxygen atoms in total. The minimum Gasteiger partial charge on any atom is -0.308 e. The average molecular weight is 203 g/mol. The summed E-state index contributed by atoms with van der Waals surface area (Å²) in [5, 5.41) is 12.1. The Bertz CT molecular complexity index is 363. The SMILES string of the molecule is CCC(C)(C)NCc1ccnc(C#N)c1. The second-order valence-corrected chi connectivity index (χ2v) is 4.25. The largest absolute Gasteiger partial charge is 0.308 e. The van der Waals surface area contributed by atoms with E-state index in [0.29, 0.717) is 5.69 Å². The summed E-state index contributed by atoms with van der Waals surface area (Å²) in [6.07, 6.45) is 2.75. The molecule has 80 valence electrons. The minimum absolute atomic E-state index is 0.135. The molecule has 1 rings (SSSR count). The molecule has 0 fully saturated rings. The van der Waals surface area contributed by atoms with Gasteiger partial charge in [-0.2, -0.15) is 5.26 Å². The van der Waals surface area contributed by atoms with Crippen molar-refractivity contribution in [1.29, 1.82) is 5.26 Å². The number of nitrogens with zero attached hydrogens (tertiary/aromatic N) is 2. The van der Waals surface area contributed by atoms with Gasteiger partial charge in [0.2, 0.25) is 0 Å². The minimum atomic E-state index is 0.135. The fraction of sp³-hybridized carbons (Fsp3) is 0.500. The van der Waals surface area contributed by atoms with Crippen molar-refractivity contribution < 1.29 is 0 Å². The molecule has 0 aliphatic rings. The van der Waals surface area contributed by atoms with Crippen molar-refractivity contribution >= 4 is 0 Å². The molecule has 0 aromatic carbocycles. The number of aromatic nitrogens is 1. The van der Waals surface area contributed by atoms with Crippen LogP contribution in [0.3, 0.4) is 0 Å². The molecule has 1 heterocycles. The van der Waals surface area contributed by atoms with E-state index in [9.17, 15) is 0 Å². The first kappa shape index (κ1) is 11.7. The molecule has 0 saturated carbocycles. The standard InChI is InChI=1S/C12H17N3/c1-4-12(2,3)15-9-10-5-6-14-11(7-10)8-13/h5-7,15H,4,9H2,1-3H3. The van der Waals surface area contributed by atoms with Gasteiger partial charge in [0.1, 0.15) is 11.8 Å². The molecule has 0 spiro atoms. The molecule has 0 radical (unpaired) electrons. The first-order valence-corrected chi connectivity index (χ1v) is 5.17. The van der Waals surface area contributed by atoms with Crippen LogP contribution in [0.2, 0.25) is 0 Å². The molecule has 1 aromatic heterocycles. The molecule has 0 saturated heterocycles. The maximum atomic E-state index is 8.70. The number of nitriles is 1. The first-order valence-electron chi connectivity index (χ1n) is 5.17. The van der Waals surface area contributed by atoms with Gasteiger partial charge in [-0.15, -0.1) is 0 Å². The molecule has 3 heteroatoms. The van der Waals surface area contributed by atoms with Crippen molar-refractivity contribution in [1.82, 2.24) is 10.3 Å². The van der Waals surface area contributed by atoms with Gasteiger partial charge in [-0.3, -0.25) is 0 Å². The summed E-state index contributed by atoms with van der Waals surface area (Å²) in [4.78, 5) is 3.93. The lowest BCUT2D eigenvalue weighted by atomic mass is 10.0. The van der Waals surface area contributed by atoms with Crippen LogP contribution >= 0.6 is 0 Å². The number of hydrogen-bond acceptors (Lipinski definition) is 3. The van der Waals surface area contributed by atoms with E-state index in [1.165, 1.54) is 0 Å². The topological polar surface area (TPSA) is 48.7 Å². The Morgan fingerprint density at radius 1 is 1.53 bits per heavy atom. The fourth-order valence-corrected chi connectivity index (χ4v) is 1.11. The lowest BCUT2D eigenvalue weighted by molar-refractivity contribution is 0.374. The quantitative estimate of drug-likeness (QED) is 0.816. The van der Waals surface area contributed by atoms with Gasteiger partial charge >= 0.3 is 0 Å². The summed E-state index contributed by atoms with van der Waals surface area (Å²) in [5.41, 5.74) is 1.71. The highest BCUT2D eigenvalue weighted by molar-refractivity contribution is 5.25.